The van der Waals surface area contributed by atoms with Gasteiger partial charge in [-0.1, -0.05) is 11.0 Å². The summed E-state index contributed by atoms with van der Waals surface area (Å²) in [6.45, 7) is 1.94. The van der Waals surface area contributed by atoms with E-state index >= 15 is 0 Å². The zero-order chi connectivity index (χ0) is 6.85. The molecule has 46 valence electrons. The average Bonchev–Trinajstić information content (AvgIpc) is 1.80. The molecule has 9 heavy (non-hydrogen) atoms. The van der Waals surface area contributed by atoms with Crippen molar-refractivity contribution in [3.05, 3.63) is 17.8 Å². The standard InChI is InChI=1S/C6H8BNO/c1-4-2-6(9)8-3-5(4)7/h2-3H,7H2,1H3,(H,8,9). The monoisotopic (exact) mass is 121 g/mol. The van der Waals surface area contributed by atoms with E-state index < -0.39 is 0 Å². The van der Waals surface area contributed by atoms with Crippen molar-refractivity contribution in [2.24, 2.45) is 0 Å². The van der Waals surface area contributed by atoms with Gasteiger partial charge in [-0.15, -0.1) is 0 Å². The van der Waals surface area contributed by atoms with Gasteiger partial charge in [0.2, 0.25) is 5.88 Å². The number of hydrogen-bond acceptors (Lipinski definition) is 2. The molecule has 0 aliphatic heterocycles. The third-order valence-corrected chi connectivity index (χ3v) is 1.36. The minimum absolute atomic E-state index is 0.0955. The predicted molar refractivity (Wildman–Crippen MR) is 38.8 cm³/mol. The van der Waals surface area contributed by atoms with Crippen LogP contribution in [0.15, 0.2) is 12.3 Å². The van der Waals surface area contributed by atoms with Crippen LogP contribution < -0.4 is 5.46 Å². The van der Waals surface area contributed by atoms with Crippen LogP contribution in [-0.2, 0) is 0 Å². The van der Waals surface area contributed by atoms with Gasteiger partial charge < -0.3 is 5.11 Å². The summed E-state index contributed by atoms with van der Waals surface area (Å²) in [4.78, 5) is 3.70. The summed E-state index contributed by atoms with van der Waals surface area (Å²) in [6, 6.07) is 1.65. The molecule has 0 spiro atoms. The molecule has 1 rings (SSSR count). The Kier molecular flexibility index (Phi) is 1.43. The number of hydrogen-bond donors (Lipinski definition) is 1. The van der Waals surface area contributed by atoms with Gasteiger partial charge in [0.25, 0.3) is 0 Å². The van der Waals surface area contributed by atoms with Gasteiger partial charge in [0.05, 0.1) is 0 Å². The Morgan fingerprint density at radius 2 is 2.33 bits per heavy atom. The highest BCUT2D eigenvalue weighted by molar-refractivity contribution is 6.33. The summed E-state index contributed by atoms with van der Waals surface area (Å²) in [5, 5.41) is 8.83. The van der Waals surface area contributed by atoms with Crippen LogP contribution >= 0.6 is 0 Å². The number of aromatic nitrogens is 1. The van der Waals surface area contributed by atoms with E-state index in [0.717, 1.165) is 11.0 Å². The summed E-state index contributed by atoms with van der Waals surface area (Å²) in [7, 11) is 1.96. The Morgan fingerprint density at radius 1 is 1.67 bits per heavy atom. The van der Waals surface area contributed by atoms with Crippen molar-refractivity contribution in [1.29, 1.82) is 0 Å². The molecule has 0 amide bonds. The van der Waals surface area contributed by atoms with Crippen LogP contribution in [0.3, 0.4) is 0 Å². The van der Waals surface area contributed by atoms with E-state index in [9.17, 15) is 0 Å². The second-order valence-corrected chi connectivity index (χ2v) is 2.13. The molecule has 0 aromatic carbocycles. The number of nitrogens with zero attached hydrogens (tertiary/aromatic N) is 1. The van der Waals surface area contributed by atoms with Crippen LogP contribution in [0.2, 0.25) is 0 Å². The van der Waals surface area contributed by atoms with E-state index in [1.54, 1.807) is 12.3 Å². The van der Waals surface area contributed by atoms with E-state index in [4.69, 9.17) is 5.11 Å². The predicted octanol–water partition coefficient (Wildman–Crippen LogP) is -0.646. The van der Waals surface area contributed by atoms with Crippen LogP contribution in [0.25, 0.3) is 0 Å². The first-order valence-electron chi connectivity index (χ1n) is 2.82. The molecule has 0 bridgehead atoms. The molecule has 0 radical (unpaired) electrons. The molecule has 1 N–H and O–H groups in total. The molecular formula is C6H8BNO. The largest absolute Gasteiger partial charge is 0.493 e. The van der Waals surface area contributed by atoms with Crippen molar-refractivity contribution in [1.82, 2.24) is 4.98 Å². The quantitative estimate of drug-likeness (QED) is 0.463. The third kappa shape index (κ3) is 1.22. The summed E-state index contributed by atoms with van der Waals surface area (Å²) < 4.78 is 0. The SMILES string of the molecule is Bc1cnc(O)cc1C. The van der Waals surface area contributed by atoms with Crippen molar-refractivity contribution < 1.29 is 5.11 Å². The van der Waals surface area contributed by atoms with Gasteiger partial charge in [0.1, 0.15) is 7.85 Å². The number of aryl methyl sites for hydroxylation is 1. The first kappa shape index (κ1) is 6.14. The van der Waals surface area contributed by atoms with E-state index in [2.05, 4.69) is 4.98 Å². The second-order valence-electron chi connectivity index (χ2n) is 2.13. The normalized spacial score (nSPS) is 9.44. The van der Waals surface area contributed by atoms with Crippen LogP contribution in [0.5, 0.6) is 5.88 Å². The van der Waals surface area contributed by atoms with E-state index in [1.165, 1.54) is 0 Å². The Labute approximate surface area is 55.0 Å². The van der Waals surface area contributed by atoms with Gasteiger partial charge in [-0.2, -0.15) is 0 Å². The van der Waals surface area contributed by atoms with E-state index in [0.29, 0.717) is 0 Å². The topological polar surface area (TPSA) is 33.1 Å². The molecule has 3 heteroatoms. The molecule has 0 saturated carbocycles. The van der Waals surface area contributed by atoms with Crippen LogP contribution in [0.4, 0.5) is 0 Å². The Morgan fingerprint density at radius 3 is 2.78 bits per heavy atom. The van der Waals surface area contributed by atoms with Gasteiger partial charge in [0.15, 0.2) is 0 Å². The fourth-order valence-electron chi connectivity index (χ4n) is 0.610. The fourth-order valence-corrected chi connectivity index (χ4v) is 0.610. The van der Waals surface area contributed by atoms with Gasteiger partial charge in [0, 0.05) is 12.3 Å². The number of aromatic hydroxyl groups is 1. The maximum atomic E-state index is 8.83. The van der Waals surface area contributed by atoms with Crippen LogP contribution in [0.1, 0.15) is 5.56 Å². The molecular weight excluding hydrogens is 113 g/mol. The van der Waals surface area contributed by atoms with E-state index in [1.807, 2.05) is 14.8 Å². The third-order valence-electron chi connectivity index (χ3n) is 1.36. The zero-order valence-electron chi connectivity index (χ0n) is 5.55. The first-order chi connectivity index (χ1) is 4.20. The van der Waals surface area contributed by atoms with Crippen LogP contribution in [-0.4, -0.2) is 17.9 Å². The Hall–Kier alpha value is -0.985. The summed E-state index contributed by atoms with van der Waals surface area (Å²) >= 11 is 0. The molecule has 0 aliphatic carbocycles. The number of rotatable bonds is 0. The Balaban J connectivity index is 3.17. The summed E-state index contributed by atoms with van der Waals surface area (Å²) in [5.74, 6) is 0.0955. The molecule has 1 aromatic heterocycles. The molecule has 2 nitrogen and oxygen atoms in total. The lowest BCUT2D eigenvalue weighted by Gasteiger charge is -1.96. The molecule has 1 aromatic rings. The first-order valence-corrected chi connectivity index (χ1v) is 2.82. The molecule has 0 aliphatic rings. The second kappa shape index (κ2) is 2.09. The maximum Gasteiger partial charge on any atom is 0.210 e. The smallest absolute Gasteiger partial charge is 0.210 e. The maximum absolute atomic E-state index is 8.83. The van der Waals surface area contributed by atoms with Gasteiger partial charge in [-0.05, 0) is 6.92 Å². The fraction of sp³-hybridized carbons (Fsp3) is 0.167. The highest BCUT2D eigenvalue weighted by Gasteiger charge is 1.92. The molecule has 0 atom stereocenters. The minimum Gasteiger partial charge on any atom is -0.493 e. The molecule has 0 fully saturated rings. The molecule has 0 unspecified atom stereocenters. The minimum atomic E-state index is 0.0955. The highest BCUT2D eigenvalue weighted by Crippen LogP contribution is 2.01. The highest BCUT2D eigenvalue weighted by atomic mass is 16.3. The summed E-state index contributed by atoms with van der Waals surface area (Å²) in [6.07, 6.45) is 1.66. The van der Waals surface area contributed by atoms with Crippen molar-refractivity contribution in [2.75, 3.05) is 0 Å². The molecule has 1 heterocycles. The zero-order valence-corrected chi connectivity index (χ0v) is 5.55. The van der Waals surface area contributed by atoms with Gasteiger partial charge in [-0.3, -0.25) is 0 Å². The molecule has 0 saturated heterocycles. The van der Waals surface area contributed by atoms with Gasteiger partial charge >= 0.3 is 0 Å². The van der Waals surface area contributed by atoms with Crippen molar-refractivity contribution >= 4 is 13.3 Å². The lowest BCUT2D eigenvalue weighted by atomic mass is 9.94. The Bertz CT molecular complexity index is 224. The number of pyridine rings is 1. The lowest BCUT2D eigenvalue weighted by molar-refractivity contribution is 0.453. The van der Waals surface area contributed by atoms with Crippen LogP contribution in [0, 0.1) is 6.92 Å². The lowest BCUT2D eigenvalue weighted by Crippen LogP contribution is -2.06. The van der Waals surface area contributed by atoms with Gasteiger partial charge in [-0.25, -0.2) is 4.98 Å². The van der Waals surface area contributed by atoms with E-state index in [-0.39, 0.29) is 5.88 Å². The average molecular weight is 121 g/mol. The van der Waals surface area contributed by atoms with Crippen molar-refractivity contribution in [3.63, 3.8) is 0 Å². The van der Waals surface area contributed by atoms with Crippen molar-refractivity contribution in [3.8, 4) is 5.88 Å². The van der Waals surface area contributed by atoms with Crippen molar-refractivity contribution in [2.45, 2.75) is 6.92 Å². The summed E-state index contributed by atoms with van der Waals surface area (Å²) in [5.41, 5.74) is 2.18.